The van der Waals surface area contributed by atoms with Crippen molar-refractivity contribution in [1.29, 1.82) is 0 Å². The van der Waals surface area contributed by atoms with E-state index in [2.05, 4.69) is 10.2 Å². The number of hydrogen-bond donors (Lipinski definition) is 1. The summed E-state index contributed by atoms with van der Waals surface area (Å²) in [6.45, 7) is 1.76. The van der Waals surface area contributed by atoms with Gasteiger partial charge in [-0.2, -0.15) is 4.91 Å². The number of methoxy groups -OCH3 is 1. The Labute approximate surface area is 87.2 Å². The van der Waals surface area contributed by atoms with Crippen molar-refractivity contribution in [3.63, 3.8) is 0 Å². The molecule has 1 unspecified atom stereocenters. The van der Waals surface area contributed by atoms with Crippen LogP contribution in [0.3, 0.4) is 0 Å². The average Bonchev–Trinajstić information content (AvgIpc) is 2.70. The maximum absolute atomic E-state index is 10.4. The monoisotopic (exact) mass is 204 g/mol. The Morgan fingerprint density at radius 3 is 2.87 bits per heavy atom. The lowest BCUT2D eigenvalue weighted by molar-refractivity contribution is 0.415. The molecule has 1 heterocycles. The fraction of sp³-hybridized carbons (Fsp3) is 0.273. The molecule has 4 nitrogen and oxygen atoms in total. The molecule has 1 N–H and O–H groups in total. The second-order valence-corrected chi connectivity index (χ2v) is 3.46. The topological polar surface area (TPSA) is 54.4 Å². The van der Waals surface area contributed by atoms with E-state index >= 15 is 0 Å². The molecule has 2 rings (SSSR count). The maximum atomic E-state index is 10.4. The highest BCUT2D eigenvalue weighted by atomic mass is 16.5. The lowest BCUT2D eigenvalue weighted by atomic mass is 10.2. The molecule has 0 saturated heterocycles. The summed E-state index contributed by atoms with van der Waals surface area (Å²) >= 11 is 0. The molecule has 0 aliphatic carbocycles. The fourth-order valence-electron chi connectivity index (χ4n) is 1.54. The first kappa shape index (κ1) is 9.71. The van der Waals surface area contributed by atoms with Crippen molar-refractivity contribution >= 4 is 10.9 Å². The highest BCUT2D eigenvalue weighted by Gasteiger charge is 2.08. The molecule has 78 valence electrons. The first-order valence-electron chi connectivity index (χ1n) is 4.73. The summed E-state index contributed by atoms with van der Waals surface area (Å²) < 4.78 is 5.12. The molecule has 0 radical (unpaired) electrons. The van der Waals surface area contributed by atoms with Gasteiger partial charge in [-0.1, -0.05) is 5.18 Å². The van der Waals surface area contributed by atoms with Gasteiger partial charge in [0.15, 0.2) is 0 Å². The van der Waals surface area contributed by atoms with E-state index < -0.39 is 0 Å². The highest BCUT2D eigenvalue weighted by Crippen LogP contribution is 2.25. The summed E-state index contributed by atoms with van der Waals surface area (Å²) in [4.78, 5) is 13.6. The van der Waals surface area contributed by atoms with Crippen LogP contribution in [0.1, 0.15) is 18.7 Å². The van der Waals surface area contributed by atoms with Crippen LogP contribution in [0.4, 0.5) is 0 Å². The molecule has 0 amide bonds. The molecule has 1 atom stereocenters. The molecular formula is C11H12N2O2. The minimum atomic E-state index is -0.344. The van der Waals surface area contributed by atoms with E-state index in [1.165, 1.54) is 0 Å². The van der Waals surface area contributed by atoms with Gasteiger partial charge in [-0.15, -0.1) is 0 Å². The molecule has 1 aromatic carbocycles. The number of aromatic amines is 1. The average molecular weight is 204 g/mol. The summed E-state index contributed by atoms with van der Waals surface area (Å²) in [7, 11) is 1.63. The van der Waals surface area contributed by atoms with E-state index in [0.717, 1.165) is 22.3 Å². The number of nitroso groups, excluding NO2 is 1. The number of nitrogens with zero attached hydrogens (tertiary/aromatic N) is 1. The van der Waals surface area contributed by atoms with Gasteiger partial charge in [0.2, 0.25) is 0 Å². The maximum Gasteiger partial charge on any atom is 0.129 e. The highest BCUT2D eigenvalue weighted by molar-refractivity contribution is 5.82. The number of ether oxygens (including phenoxy) is 1. The fourth-order valence-corrected chi connectivity index (χ4v) is 1.54. The zero-order valence-electron chi connectivity index (χ0n) is 8.65. The normalized spacial score (nSPS) is 12.7. The molecule has 1 aromatic heterocycles. The molecule has 0 aliphatic heterocycles. The summed E-state index contributed by atoms with van der Waals surface area (Å²) in [6, 6.07) is 7.30. The van der Waals surface area contributed by atoms with Gasteiger partial charge in [0, 0.05) is 16.6 Å². The van der Waals surface area contributed by atoms with Crippen LogP contribution in [-0.2, 0) is 0 Å². The van der Waals surface area contributed by atoms with Gasteiger partial charge in [-0.25, -0.2) is 0 Å². The van der Waals surface area contributed by atoms with Gasteiger partial charge >= 0.3 is 0 Å². The van der Waals surface area contributed by atoms with Gasteiger partial charge in [0.05, 0.1) is 7.11 Å². The summed E-state index contributed by atoms with van der Waals surface area (Å²) in [5.41, 5.74) is 1.81. The Hall–Kier alpha value is -1.84. The lowest BCUT2D eigenvalue weighted by Gasteiger charge is -1.97. The summed E-state index contributed by atoms with van der Waals surface area (Å²) in [6.07, 6.45) is 0. The standard InChI is InChI=1S/C11H12N2O2/c1-7(13-14)11-6-8-5-9(15-2)3-4-10(8)12-11/h3-7,12H,1-2H3. The van der Waals surface area contributed by atoms with Gasteiger partial charge in [0.1, 0.15) is 11.8 Å². The predicted molar refractivity (Wildman–Crippen MR) is 59.1 cm³/mol. The van der Waals surface area contributed by atoms with Crippen LogP contribution in [0.2, 0.25) is 0 Å². The van der Waals surface area contributed by atoms with Crippen molar-refractivity contribution in [1.82, 2.24) is 4.98 Å². The van der Waals surface area contributed by atoms with Crippen molar-refractivity contribution < 1.29 is 4.74 Å². The largest absolute Gasteiger partial charge is 0.497 e. The zero-order chi connectivity index (χ0) is 10.8. The van der Waals surface area contributed by atoms with Gasteiger partial charge in [-0.3, -0.25) is 0 Å². The Bertz CT molecular complexity index is 490. The quantitative estimate of drug-likeness (QED) is 0.781. The van der Waals surface area contributed by atoms with Crippen LogP contribution >= 0.6 is 0 Å². The third kappa shape index (κ3) is 1.70. The van der Waals surface area contributed by atoms with Crippen LogP contribution in [0.25, 0.3) is 10.9 Å². The summed E-state index contributed by atoms with van der Waals surface area (Å²) in [5.74, 6) is 0.805. The molecular weight excluding hydrogens is 192 g/mol. The number of benzene rings is 1. The number of rotatable bonds is 3. The molecule has 15 heavy (non-hydrogen) atoms. The van der Waals surface area contributed by atoms with Gasteiger partial charge in [-0.05, 0) is 31.2 Å². The van der Waals surface area contributed by atoms with E-state index in [-0.39, 0.29) is 6.04 Å². The van der Waals surface area contributed by atoms with Crippen LogP contribution in [0, 0.1) is 4.91 Å². The Balaban J connectivity index is 2.50. The van der Waals surface area contributed by atoms with Crippen LogP contribution in [0.15, 0.2) is 29.4 Å². The molecule has 0 aliphatic rings. The smallest absolute Gasteiger partial charge is 0.129 e. The Morgan fingerprint density at radius 1 is 1.40 bits per heavy atom. The second kappa shape index (κ2) is 3.73. The Kier molecular flexibility index (Phi) is 2.41. The van der Waals surface area contributed by atoms with E-state index in [4.69, 9.17) is 4.74 Å². The van der Waals surface area contributed by atoms with Gasteiger partial charge in [0.25, 0.3) is 0 Å². The molecule has 2 aromatic rings. The van der Waals surface area contributed by atoms with E-state index in [1.807, 2.05) is 24.3 Å². The number of fused-ring (bicyclic) bond motifs is 1. The van der Waals surface area contributed by atoms with E-state index in [0.29, 0.717) is 0 Å². The number of hydrogen-bond acceptors (Lipinski definition) is 3. The van der Waals surface area contributed by atoms with Crippen LogP contribution < -0.4 is 4.74 Å². The summed E-state index contributed by atoms with van der Waals surface area (Å²) in [5, 5.41) is 4.01. The third-order valence-corrected chi connectivity index (χ3v) is 2.46. The van der Waals surface area contributed by atoms with Crippen LogP contribution in [0.5, 0.6) is 5.75 Å². The van der Waals surface area contributed by atoms with Crippen molar-refractivity contribution in [3.05, 3.63) is 34.9 Å². The van der Waals surface area contributed by atoms with Crippen molar-refractivity contribution in [2.24, 2.45) is 5.18 Å². The van der Waals surface area contributed by atoms with Crippen molar-refractivity contribution in [2.75, 3.05) is 7.11 Å². The van der Waals surface area contributed by atoms with Crippen molar-refractivity contribution in [2.45, 2.75) is 13.0 Å². The van der Waals surface area contributed by atoms with Gasteiger partial charge < -0.3 is 9.72 Å². The molecule has 0 spiro atoms. The first-order chi connectivity index (χ1) is 7.24. The molecule has 0 saturated carbocycles. The predicted octanol–water partition coefficient (Wildman–Crippen LogP) is 3.00. The van der Waals surface area contributed by atoms with E-state index in [1.54, 1.807) is 14.0 Å². The van der Waals surface area contributed by atoms with Crippen molar-refractivity contribution in [3.8, 4) is 5.75 Å². The third-order valence-electron chi connectivity index (χ3n) is 2.46. The molecule has 0 fully saturated rings. The number of nitrogens with one attached hydrogen (secondary N) is 1. The number of H-pyrrole nitrogens is 1. The lowest BCUT2D eigenvalue weighted by Crippen LogP contribution is -1.86. The minimum Gasteiger partial charge on any atom is -0.497 e. The first-order valence-corrected chi connectivity index (χ1v) is 4.73. The minimum absolute atomic E-state index is 0.344. The SMILES string of the molecule is COc1ccc2[nH]c(C(C)N=O)cc2c1. The Morgan fingerprint density at radius 2 is 2.20 bits per heavy atom. The molecule has 0 bridgehead atoms. The zero-order valence-corrected chi connectivity index (χ0v) is 8.65. The second-order valence-electron chi connectivity index (χ2n) is 3.46. The van der Waals surface area contributed by atoms with E-state index in [9.17, 15) is 4.91 Å². The molecule has 4 heteroatoms. The van der Waals surface area contributed by atoms with Crippen LogP contribution in [-0.4, -0.2) is 12.1 Å². The number of aromatic nitrogens is 1.